The van der Waals surface area contributed by atoms with E-state index in [1.807, 2.05) is 0 Å². The van der Waals surface area contributed by atoms with Crippen molar-refractivity contribution in [3.8, 4) is 0 Å². The number of hydrogen-bond acceptors (Lipinski definition) is 4. The van der Waals surface area contributed by atoms with E-state index in [0.29, 0.717) is 18.0 Å². The largest absolute Gasteiger partial charge is 0.326 e. The molecule has 2 aromatic rings. The first-order chi connectivity index (χ1) is 8.62. The van der Waals surface area contributed by atoms with Crippen molar-refractivity contribution >= 4 is 9.84 Å². The molecule has 2 rings (SSSR count). The second-order valence-electron chi connectivity index (χ2n) is 3.94. The Kier molecular flexibility index (Phi) is 3.78. The number of rotatable bonds is 5. The highest BCUT2D eigenvalue weighted by molar-refractivity contribution is 7.91. The molecule has 2 N–H and O–H groups in total. The third kappa shape index (κ3) is 2.96. The van der Waals surface area contributed by atoms with Gasteiger partial charge in [0.15, 0.2) is 9.84 Å². The maximum Gasteiger partial charge on any atom is 0.180 e. The summed E-state index contributed by atoms with van der Waals surface area (Å²) in [7, 11) is -3.26. The van der Waals surface area contributed by atoms with Gasteiger partial charge in [-0.2, -0.15) is 5.10 Å². The van der Waals surface area contributed by atoms with Crippen molar-refractivity contribution in [1.29, 1.82) is 0 Å². The Morgan fingerprint density at radius 1 is 1.22 bits per heavy atom. The summed E-state index contributed by atoms with van der Waals surface area (Å²) < 4.78 is 25.7. The third-order valence-electron chi connectivity index (χ3n) is 2.67. The Morgan fingerprint density at radius 3 is 2.50 bits per heavy atom. The van der Waals surface area contributed by atoms with Crippen molar-refractivity contribution in [3.63, 3.8) is 0 Å². The number of aromatic nitrogens is 2. The summed E-state index contributed by atoms with van der Waals surface area (Å²) in [6.07, 6.45) is 3.37. The SMILES string of the molecule is NCc1ccc(S(=O)(=O)CCn2cccn2)cc1. The molecule has 0 unspecified atom stereocenters. The maximum atomic E-state index is 12.1. The molecule has 6 heteroatoms. The Hall–Kier alpha value is -1.66. The summed E-state index contributed by atoms with van der Waals surface area (Å²) in [5.41, 5.74) is 6.39. The van der Waals surface area contributed by atoms with Crippen LogP contribution in [0.3, 0.4) is 0 Å². The molecule has 96 valence electrons. The minimum Gasteiger partial charge on any atom is -0.326 e. The number of aryl methyl sites for hydroxylation is 1. The van der Waals surface area contributed by atoms with Gasteiger partial charge in [-0.05, 0) is 23.8 Å². The fourth-order valence-corrected chi connectivity index (χ4v) is 2.81. The van der Waals surface area contributed by atoms with E-state index in [2.05, 4.69) is 5.10 Å². The van der Waals surface area contributed by atoms with Crippen LogP contribution in [0.1, 0.15) is 5.56 Å². The number of nitrogens with two attached hydrogens (primary N) is 1. The molecule has 0 aliphatic carbocycles. The van der Waals surface area contributed by atoms with Crippen LogP contribution in [0.15, 0.2) is 47.6 Å². The quantitative estimate of drug-likeness (QED) is 0.868. The maximum absolute atomic E-state index is 12.1. The Balaban J connectivity index is 2.09. The van der Waals surface area contributed by atoms with Crippen LogP contribution in [0.2, 0.25) is 0 Å². The van der Waals surface area contributed by atoms with Gasteiger partial charge in [-0.1, -0.05) is 12.1 Å². The molecule has 0 saturated carbocycles. The van der Waals surface area contributed by atoms with Crippen LogP contribution in [0.25, 0.3) is 0 Å². The van der Waals surface area contributed by atoms with Gasteiger partial charge in [-0.3, -0.25) is 4.68 Å². The monoisotopic (exact) mass is 265 g/mol. The lowest BCUT2D eigenvalue weighted by Gasteiger charge is -2.05. The highest BCUT2D eigenvalue weighted by Crippen LogP contribution is 2.12. The number of benzene rings is 1. The van der Waals surface area contributed by atoms with Crippen molar-refractivity contribution in [3.05, 3.63) is 48.3 Å². The highest BCUT2D eigenvalue weighted by Gasteiger charge is 2.14. The first-order valence-electron chi connectivity index (χ1n) is 5.61. The standard InChI is InChI=1S/C12H15N3O2S/c13-10-11-2-4-12(5-3-11)18(16,17)9-8-15-7-1-6-14-15/h1-7H,8-10,13H2. The third-order valence-corrected chi connectivity index (χ3v) is 4.38. The Labute approximate surface area is 106 Å². The molecule has 1 aromatic heterocycles. The average molecular weight is 265 g/mol. The lowest BCUT2D eigenvalue weighted by Crippen LogP contribution is -2.13. The van der Waals surface area contributed by atoms with E-state index in [1.54, 1.807) is 47.4 Å². The van der Waals surface area contributed by atoms with Gasteiger partial charge in [0, 0.05) is 18.9 Å². The second kappa shape index (κ2) is 5.32. The molecule has 0 bridgehead atoms. The van der Waals surface area contributed by atoms with Gasteiger partial charge in [-0.25, -0.2) is 8.42 Å². The minimum atomic E-state index is -3.26. The van der Waals surface area contributed by atoms with Gasteiger partial charge >= 0.3 is 0 Å². The molecule has 0 saturated heterocycles. The predicted molar refractivity (Wildman–Crippen MR) is 68.6 cm³/mol. The molecular formula is C12H15N3O2S. The van der Waals surface area contributed by atoms with Crippen molar-refractivity contribution in [2.45, 2.75) is 18.0 Å². The van der Waals surface area contributed by atoms with E-state index in [9.17, 15) is 8.42 Å². The van der Waals surface area contributed by atoms with E-state index >= 15 is 0 Å². The van der Waals surface area contributed by atoms with E-state index in [-0.39, 0.29) is 5.75 Å². The summed E-state index contributed by atoms with van der Waals surface area (Å²) >= 11 is 0. The summed E-state index contributed by atoms with van der Waals surface area (Å²) in [6, 6.07) is 8.44. The van der Waals surface area contributed by atoms with Gasteiger partial charge in [0.2, 0.25) is 0 Å². The van der Waals surface area contributed by atoms with E-state index in [0.717, 1.165) is 5.56 Å². The first-order valence-corrected chi connectivity index (χ1v) is 7.26. The van der Waals surface area contributed by atoms with Gasteiger partial charge in [0.25, 0.3) is 0 Å². The summed E-state index contributed by atoms with van der Waals surface area (Å²) in [5, 5.41) is 3.98. The lowest BCUT2D eigenvalue weighted by atomic mass is 10.2. The lowest BCUT2D eigenvalue weighted by molar-refractivity contribution is 0.580. The number of sulfone groups is 1. The summed E-state index contributed by atoms with van der Waals surface area (Å²) in [4.78, 5) is 0.326. The molecule has 1 aromatic carbocycles. The molecule has 0 fully saturated rings. The summed E-state index contributed by atoms with van der Waals surface area (Å²) in [5.74, 6) is 0.0383. The van der Waals surface area contributed by atoms with Gasteiger partial charge in [-0.15, -0.1) is 0 Å². The van der Waals surface area contributed by atoms with E-state index in [1.165, 1.54) is 0 Å². The molecular weight excluding hydrogens is 250 g/mol. The van der Waals surface area contributed by atoms with Crippen LogP contribution in [0.5, 0.6) is 0 Å². The molecule has 5 nitrogen and oxygen atoms in total. The van der Waals surface area contributed by atoms with Crippen molar-refractivity contribution < 1.29 is 8.42 Å². The smallest absolute Gasteiger partial charge is 0.180 e. The van der Waals surface area contributed by atoms with E-state index in [4.69, 9.17) is 5.73 Å². The van der Waals surface area contributed by atoms with Gasteiger partial charge < -0.3 is 5.73 Å². The molecule has 0 atom stereocenters. The normalized spacial score (nSPS) is 11.6. The van der Waals surface area contributed by atoms with Crippen LogP contribution in [-0.2, 0) is 22.9 Å². The molecule has 0 spiro atoms. The zero-order valence-electron chi connectivity index (χ0n) is 9.86. The van der Waals surface area contributed by atoms with Crippen LogP contribution < -0.4 is 5.73 Å². The Bertz CT molecular complexity index is 589. The predicted octanol–water partition coefficient (Wildman–Crippen LogP) is 0.816. The first kappa shape index (κ1) is 12.8. The van der Waals surface area contributed by atoms with Gasteiger partial charge in [0.05, 0.1) is 17.2 Å². The van der Waals surface area contributed by atoms with E-state index < -0.39 is 9.84 Å². The average Bonchev–Trinajstić information content (AvgIpc) is 2.90. The van der Waals surface area contributed by atoms with Crippen LogP contribution in [-0.4, -0.2) is 24.0 Å². The molecule has 0 aliphatic rings. The number of hydrogen-bond donors (Lipinski definition) is 1. The fraction of sp³-hybridized carbons (Fsp3) is 0.250. The van der Waals surface area contributed by atoms with Gasteiger partial charge in [0.1, 0.15) is 0 Å². The fourth-order valence-electron chi connectivity index (χ4n) is 1.60. The second-order valence-corrected chi connectivity index (χ2v) is 6.05. The zero-order chi connectivity index (χ0) is 13.0. The molecule has 1 heterocycles. The molecule has 0 aliphatic heterocycles. The Morgan fingerprint density at radius 2 is 1.94 bits per heavy atom. The number of nitrogens with zero attached hydrogens (tertiary/aromatic N) is 2. The zero-order valence-corrected chi connectivity index (χ0v) is 10.7. The van der Waals surface area contributed by atoms with Crippen molar-refractivity contribution in [2.75, 3.05) is 5.75 Å². The molecule has 0 radical (unpaired) electrons. The molecule has 18 heavy (non-hydrogen) atoms. The molecule has 0 amide bonds. The summed E-state index contributed by atoms with van der Waals surface area (Å²) in [6.45, 7) is 0.765. The van der Waals surface area contributed by atoms with Crippen molar-refractivity contribution in [1.82, 2.24) is 9.78 Å². The van der Waals surface area contributed by atoms with Crippen LogP contribution >= 0.6 is 0 Å². The topological polar surface area (TPSA) is 78.0 Å². The van der Waals surface area contributed by atoms with Crippen LogP contribution in [0.4, 0.5) is 0 Å². The van der Waals surface area contributed by atoms with Crippen LogP contribution in [0, 0.1) is 0 Å². The minimum absolute atomic E-state index is 0.0383. The highest BCUT2D eigenvalue weighted by atomic mass is 32.2. The van der Waals surface area contributed by atoms with Crippen molar-refractivity contribution in [2.24, 2.45) is 5.73 Å².